The number of nitrogens with zero attached hydrogens (tertiary/aromatic N) is 1. The maximum absolute atomic E-state index is 13.2. The third-order valence-corrected chi connectivity index (χ3v) is 7.82. The van der Waals surface area contributed by atoms with Crippen LogP contribution in [-0.4, -0.2) is 53.3 Å². The molecular weight excluding hydrogens is 438 g/mol. The average molecular weight is 472 g/mol. The largest absolute Gasteiger partial charge is 0.381 e. The molecule has 2 aromatic carbocycles. The molecule has 2 heterocycles. The number of fused-ring (bicyclic) bond motifs is 1. The van der Waals surface area contributed by atoms with E-state index in [9.17, 15) is 13.8 Å². The summed E-state index contributed by atoms with van der Waals surface area (Å²) in [5.41, 5.74) is 0.741. The second-order valence-corrected chi connectivity index (χ2v) is 10.0. The van der Waals surface area contributed by atoms with Gasteiger partial charge in [0.2, 0.25) is 11.8 Å². The van der Waals surface area contributed by atoms with Crippen LogP contribution >= 0.6 is 0 Å². The lowest BCUT2D eigenvalue weighted by molar-refractivity contribution is -0.132. The van der Waals surface area contributed by atoms with Gasteiger partial charge < -0.3 is 15.0 Å². The highest BCUT2D eigenvalue weighted by atomic mass is 32.2. The van der Waals surface area contributed by atoms with Crippen LogP contribution in [0.4, 0.5) is 5.69 Å². The number of benzene rings is 2. The molecule has 2 fully saturated rings. The first-order valence-electron chi connectivity index (χ1n) is 11.9. The summed E-state index contributed by atoms with van der Waals surface area (Å²) in [5, 5.41) is 4.82. The van der Waals surface area contributed by atoms with Crippen molar-refractivity contribution in [2.75, 3.05) is 31.6 Å². The van der Waals surface area contributed by atoms with Gasteiger partial charge in [-0.2, -0.15) is 0 Å². The van der Waals surface area contributed by atoms with Gasteiger partial charge in [0.15, 0.2) is 0 Å². The highest BCUT2D eigenvalue weighted by Gasteiger charge is 2.25. The lowest BCUT2D eigenvalue weighted by Gasteiger charge is -2.32. The minimum absolute atomic E-state index is 0.0137. The van der Waals surface area contributed by atoms with E-state index in [1.54, 1.807) is 0 Å². The predicted molar refractivity (Wildman–Crippen MR) is 130 cm³/mol. The minimum atomic E-state index is -1.39. The lowest BCUT2D eigenvalue weighted by atomic mass is 9.99. The van der Waals surface area contributed by atoms with E-state index in [0.717, 1.165) is 48.6 Å². The number of amides is 2. The summed E-state index contributed by atoms with van der Waals surface area (Å²) >= 11 is 0. The Morgan fingerprint density at radius 1 is 1.03 bits per heavy atom. The average Bonchev–Trinajstić information content (AvgIpc) is 2.85. The first-order chi connectivity index (χ1) is 16.1. The predicted octanol–water partition coefficient (Wildman–Crippen LogP) is 3.61. The van der Waals surface area contributed by atoms with Crippen LogP contribution in [0.3, 0.4) is 0 Å². The van der Waals surface area contributed by atoms with E-state index >= 15 is 0 Å². The van der Waals surface area contributed by atoms with Gasteiger partial charge in [0.25, 0.3) is 0 Å². The zero-order valence-electron chi connectivity index (χ0n) is 19.2. The molecule has 33 heavy (non-hydrogen) atoms. The smallest absolute Gasteiger partial charge is 0.227 e. The van der Waals surface area contributed by atoms with E-state index in [1.807, 2.05) is 48.2 Å². The number of carbonyl (C=O) groups is 2. The quantitative estimate of drug-likeness (QED) is 0.646. The fraction of sp³-hybridized carbons (Fsp3) is 0.520. The van der Waals surface area contributed by atoms with Crippen molar-refractivity contribution in [3.05, 3.63) is 36.4 Å². The molecule has 8 heteroatoms. The molecule has 7 nitrogen and oxygen atoms in total. The molecule has 0 spiro atoms. The molecule has 2 saturated heterocycles. The number of hydrogen-bond donors (Lipinski definition) is 2. The minimum Gasteiger partial charge on any atom is -0.381 e. The topological polar surface area (TPSA) is 87.7 Å². The Bertz CT molecular complexity index is 1010. The van der Waals surface area contributed by atoms with Crippen molar-refractivity contribution in [2.24, 2.45) is 5.92 Å². The Kier molecular flexibility index (Phi) is 8.11. The molecule has 1 atom stereocenters. The van der Waals surface area contributed by atoms with Crippen LogP contribution in [0.5, 0.6) is 0 Å². The Morgan fingerprint density at radius 2 is 1.73 bits per heavy atom. The number of ether oxygens (including phenoxy) is 1. The summed E-state index contributed by atoms with van der Waals surface area (Å²) in [5.74, 6) is 0.185. The van der Waals surface area contributed by atoms with Crippen LogP contribution in [0.2, 0.25) is 0 Å². The third-order valence-electron chi connectivity index (χ3n) is 6.52. The van der Waals surface area contributed by atoms with Crippen molar-refractivity contribution in [2.45, 2.75) is 56.4 Å². The molecule has 1 unspecified atom stereocenters. The molecule has 2 aliphatic heterocycles. The Labute approximate surface area is 197 Å². The molecule has 2 aliphatic rings. The molecule has 0 aromatic heterocycles. The van der Waals surface area contributed by atoms with Crippen molar-refractivity contribution in [3.8, 4) is 0 Å². The number of nitrogens with one attached hydrogen (secondary N) is 2. The van der Waals surface area contributed by atoms with Gasteiger partial charge in [0.05, 0.1) is 4.90 Å². The zero-order chi connectivity index (χ0) is 23.2. The summed E-state index contributed by atoms with van der Waals surface area (Å²) in [6, 6.07) is 11.5. The molecule has 0 saturated carbocycles. The van der Waals surface area contributed by atoms with Gasteiger partial charge in [-0.25, -0.2) is 8.93 Å². The van der Waals surface area contributed by atoms with E-state index in [-0.39, 0.29) is 23.8 Å². The molecule has 0 aliphatic carbocycles. The Balaban J connectivity index is 1.44. The van der Waals surface area contributed by atoms with E-state index in [0.29, 0.717) is 37.6 Å². The fourth-order valence-corrected chi connectivity index (χ4v) is 5.81. The van der Waals surface area contributed by atoms with Crippen molar-refractivity contribution in [1.29, 1.82) is 0 Å². The van der Waals surface area contributed by atoms with Gasteiger partial charge in [-0.1, -0.05) is 31.2 Å². The number of likely N-dealkylation sites (tertiary alicyclic amines) is 1. The molecule has 4 rings (SSSR count). The fourth-order valence-electron chi connectivity index (χ4n) is 4.57. The third kappa shape index (κ3) is 5.80. The standard InChI is InChI=1S/C25H33N3O4S/c1-2-5-24(29)28-14-10-19(11-15-28)27-33(31)23-9-8-22(20-6-3-4-7-21(20)23)26-25(30)18-12-16-32-17-13-18/h3-4,6-9,18-19,27H,2,5,10-17H2,1H3,(H,26,30). The van der Waals surface area contributed by atoms with E-state index in [4.69, 9.17) is 4.74 Å². The van der Waals surface area contributed by atoms with E-state index in [2.05, 4.69) is 10.0 Å². The van der Waals surface area contributed by atoms with Crippen LogP contribution in [0.15, 0.2) is 41.3 Å². The van der Waals surface area contributed by atoms with Crippen molar-refractivity contribution < 1.29 is 18.5 Å². The molecule has 2 aromatic rings. The van der Waals surface area contributed by atoms with Gasteiger partial charge in [-0.3, -0.25) is 9.59 Å². The monoisotopic (exact) mass is 471 g/mol. The normalized spacial score (nSPS) is 18.9. The first kappa shape index (κ1) is 23.9. The van der Waals surface area contributed by atoms with Gasteiger partial charge in [0.1, 0.15) is 11.0 Å². The molecule has 2 N–H and O–H groups in total. The number of hydrogen-bond acceptors (Lipinski definition) is 4. The van der Waals surface area contributed by atoms with Gasteiger partial charge in [0, 0.05) is 61.1 Å². The van der Waals surface area contributed by atoms with Crippen molar-refractivity contribution in [1.82, 2.24) is 9.62 Å². The first-order valence-corrected chi connectivity index (χ1v) is 13.1. The maximum Gasteiger partial charge on any atom is 0.227 e. The van der Waals surface area contributed by atoms with Gasteiger partial charge >= 0.3 is 0 Å². The zero-order valence-corrected chi connectivity index (χ0v) is 20.0. The molecule has 0 bridgehead atoms. The van der Waals surface area contributed by atoms with Crippen LogP contribution in [0.1, 0.15) is 45.4 Å². The molecular formula is C25H33N3O4S. The van der Waals surface area contributed by atoms with Crippen molar-refractivity contribution in [3.63, 3.8) is 0 Å². The summed E-state index contributed by atoms with van der Waals surface area (Å²) < 4.78 is 21.9. The van der Waals surface area contributed by atoms with Crippen molar-refractivity contribution >= 4 is 39.3 Å². The number of carbonyl (C=O) groups excluding carboxylic acids is 2. The summed E-state index contributed by atoms with van der Waals surface area (Å²) in [7, 11) is -1.39. The second kappa shape index (κ2) is 11.2. The van der Waals surface area contributed by atoms with Crippen LogP contribution < -0.4 is 10.0 Å². The maximum atomic E-state index is 13.2. The second-order valence-electron chi connectivity index (χ2n) is 8.82. The molecule has 178 valence electrons. The highest BCUT2D eigenvalue weighted by Crippen LogP contribution is 2.30. The number of anilines is 1. The van der Waals surface area contributed by atoms with Gasteiger partial charge in [-0.05, 0) is 44.2 Å². The lowest BCUT2D eigenvalue weighted by Crippen LogP contribution is -2.45. The summed E-state index contributed by atoms with van der Waals surface area (Å²) in [6.45, 7) is 4.65. The van der Waals surface area contributed by atoms with E-state index < -0.39 is 11.0 Å². The highest BCUT2D eigenvalue weighted by molar-refractivity contribution is 7.83. The SMILES string of the molecule is CCCC(=O)N1CCC(NS(=O)c2ccc(NC(=O)C3CCOCC3)c3ccccc23)CC1. The molecule has 0 radical (unpaired) electrons. The van der Waals surface area contributed by atoms with Crippen LogP contribution in [0.25, 0.3) is 10.8 Å². The Hall–Kier alpha value is -2.29. The number of piperidine rings is 1. The van der Waals surface area contributed by atoms with Crippen LogP contribution in [0, 0.1) is 5.92 Å². The van der Waals surface area contributed by atoms with Gasteiger partial charge in [-0.15, -0.1) is 0 Å². The molecule has 2 amide bonds. The van der Waals surface area contributed by atoms with E-state index in [1.165, 1.54) is 0 Å². The summed E-state index contributed by atoms with van der Waals surface area (Å²) in [6.07, 6.45) is 4.50. The Morgan fingerprint density at radius 3 is 2.42 bits per heavy atom. The number of rotatable bonds is 7. The van der Waals surface area contributed by atoms with Crippen LogP contribution in [-0.2, 0) is 25.3 Å². The summed E-state index contributed by atoms with van der Waals surface area (Å²) in [4.78, 5) is 27.5.